The number of rotatable bonds is 2. The fourth-order valence-electron chi connectivity index (χ4n) is 3.62. The molecule has 0 unspecified atom stereocenters. The summed E-state index contributed by atoms with van der Waals surface area (Å²) in [5, 5.41) is 0. The van der Waals surface area contributed by atoms with Gasteiger partial charge in [-0.1, -0.05) is 80.1 Å². The van der Waals surface area contributed by atoms with Crippen molar-refractivity contribution in [2.24, 2.45) is 0 Å². The van der Waals surface area contributed by atoms with E-state index in [4.69, 9.17) is 5.73 Å². The van der Waals surface area contributed by atoms with Crippen LogP contribution in [0.1, 0.15) is 41.7 Å². The lowest BCUT2D eigenvalue weighted by molar-refractivity contribution is 1.08. The average Bonchev–Trinajstić information content (AvgIpc) is 3.02. The fourth-order valence-corrected chi connectivity index (χ4v) is 3.62. The maximum absolute atomic E-state index is 5.97. The summed E-state index contributed by atoms with van der Waals surface area (Å²) in [5.41, 5.74) is 16.6. The molecular formula is C24H27N. The van der Waals surface area contributed by atoms with Gasteiger partial charge < -0.3 is 5.73 Å². The molecule has 0 spiro atoms. The number of aryl methyl sites for hydroxylation is 3. The van der Waals surface area contributed by atoms with E-state index in [1.165, 1.54) is 38.9 Å². The van der Waals surface area contributed by atoms with Gasteiger partial charge in [0.05, 0.1) is 0 Å². The van der Waals surface area contributed by atoms with Crippen LogP contribution in [0.5, 0.6) is 0 Å². The molecule has 3 aromatic rings. The molecule has 3 aromatic carbocycles. The Labute approximate surface area is 151 Å². The highest BCUT2D eigenvalue weighted by Crippen LogP contribution is 2.35. The Bertz CT molecular complexity index is 808. The van der Waals surface area contributed by atoms with E-state index in [1.807, 2.05) is 0 Å². The number of hydrogen-bond donors (Lipinski definition) is 1. The molecule has 0 amide bonds. The van der Waals surface area contributed by atoms with Crippen LogP contribution in [0.2, 0.25) is 0 Å². The SMILES string of the molecule is CCc1cc(C)cc(CC)c1N.c1ccc2c(c1)Cc1ccccc1-2. The van der Waals surface area contributed by atoms with Crippen molar-refractivity contribution >= 4 is 5.69 Å². The van der Waals surface area contributed by atoms with Gasteiger partial charge in [0.25, 0.3) is 0 Å². The lowest BCUT2D eigenvalue weighted by Crippen LogP contribution is -1.99. The molecule has 1 nitrogen and oxygen atoms in total. The summed E-state index contributed by atoms with van der Waals surface area (Å²) in [6, 6.07) is 21.7. The van der Waals surface area contributed by atoms with Crippen molar-refractivity contribution < 1.29 is 0 Å². The molecule has 0 heterocycles. The molecule has 0 bridgehead atoms. The van der Waals surface area contributed by atoms with Crippen LogP contribution in [0.25, 0.3) is 11.1 Å². The van der Waals surface area contributed by atoms with Crippen LogP contribution in [-0.4, -0.2) is 0 Å². The van der Waals surface area contributed by atoms with Crippen LogP contribution in [0.3, 0.4) is 0 Å². The molecule has 128 valence electrons. The van der Waals surface area contributed by atoms with E-state index in [2.05, 4.69) is 81.4 Å². The molecule has 1 aliphatic rings. The van der Waals surface area contributed by atoms with Crippen molar-refractivity contribution in [2.75, 3.05) is 5.73 Å². The first-order valence-corrected chi connectivity index (χ1v) is 9.18. The van der Waals surface area contributed by atoms with E-state index in [0.717, 1.165) is 24.9 Å². The zero-order chi connectivity index (χ0) is 17.8. The summed E-state index contributed by atoms with van der Waals surface area (Å²) in [4.78, 5) is 0. The molecular weight excluding hydrogens is 302 g/mol. The van der Waals surface area contributed by atoms with Crippen LogP contribution >= 0.6 is 0 Å². The highest BCUT2D eigenvalue weighted by atomic mass is 14.6. The zero-order valence-electron chi connectivity index (χ0n) is 15.5. The van der Waals surface area contributed by atoms with Crippen LogP contribution in [0, 0.1) is 6.92 Å². The third-order valence-corrected chi connectivity index (χ3v) is 4.96. The number of nitrogen functional groups attached to an aromatic ring is 1. The summed E-state index contributed by atoms with van der Waals surface area (Å²) in [6.07, 6.45) is 3.16. The van der Waals surface area contributed by atoms with Crippen LogP contribution in [0.15, 0.2) is 60.7 Å². The number of anilines is 1. The van der Waals surface area contributed by atoms with E-state index in [9.17, 15) is 0 Å². The average molecular weight is 329 g/mol. The normalized spacial score (nSPS) is 11.3. The molecule has 0 radical (unpaired) electrons. The first kappa shape index (κ1) is 17.3. The Morgan fingerprint density at radius 3 is 1.64 bits per heavy atom. The molecule has 25 heavy (non-hydrogen) atoms. The first-order valence-electron chi connectivity index (χ1n) is 9.18. The second-order valence-electron chi connectivity index (χ2n) is 6.70. The van der Waals surface area contributed by atoms with Crippen molar-refractivity contribution in [2.45, 2.75) is 40.0 Å². The largest absolute Gasteiger partial charge is 0.398 e. The summed E-state index contributed by atoms with van der Waals surface area (Å²) in [7, 11) is 0. The minimum absolute atomic E-state index is 0.991. The second-order valence-corrected chi connectivity index (χ2v) is 6.70. The van der Waals surface area contributed by atoms with E-state index in [-0.39, 0.29) is 0 Å². The molecule has 2 N–H and O–H groups in total. The summed E-state index contributed by atoms with van der Waals surface area (Å²) in [6.45, 7) is 6.41. The van der Waals surface area contributed by atoms with Gasteiger partial charge in [0.1, 0.15) is 0 Å². The third kappa shape index (κ3) is 3.61. The van der Waals surface area contributed by atoms with Crippen LogP contribution < -0.4 is 5.73 Å². The van der Waals surface area contributed by atoms with Gasteiger partial charge >= 0.3 is 0 Å². The standard InChI is InChI=1S/C13H10.C11H17N/c1-3-7-12-10(5-1)9-11-6-2-4-8-13(11)12;1-4-9-6-8(3)7-10(5-2)11(9)12/h1-8H,9H2;6-7H,4-5,12H2,1-3H3. The van der Waals surface area contributed by atoms with Gasteiger partial charge in [0.2, 0.25) is 0 Å². The van der Waals surface area contributed by atoms with E-state index in [0.29, 0.717) is 0 Å². The number of benzene rings is 3. The van der Waals surface area contributed by atoms with Gasteiger partial charge in [-0.3, -0.25) is 0 Å². The van der Waals surface area contributed by atoms with Crippen molar-refractivity contribution in [3.8, 4) is 11.1 Å². The van der Waals surface area contributed by atoms with Crippen molar-refractivity contribution in [1.82, 2.24) is 0 Å². The predicted molar refractivity (Wildman–Crippen MR) is 109 cm³/mol. The molecule has 0 atom stereocenters. The van der Waals surface area contributed by atoms with Crippen LogP contribution in [-0.2, 0) is 19.3 Å². The summed E-state index contributed by atoms with van der Waals surface area (Å²) < 4.78 is 0. The van der Waals surface area contributed by atoms with Gasteiger partial charge in [0, 0.05) is 5.69 Å². The molecule has 1 heteroatoms. The second kappa shape index (κ2) is 7.57. The number of nitrogens with two attached hydrogens (primary N) is 1. The van der Waals surface area contributed by atoms with Crippen molar-refractivity contribution in [1.29, 1.82) is 0 Å². The molecule has 4 rings (SSSR count). The molecule has 0 fully saturated rings. The lowest BCUT2D eigenvalue weighted by atomic mass is 10.0. The fraction of sp³-hybridized carbons (Fsp3) is 0.250. The smallest absolute Gasteiger partial charge is 0.0379 e. The third-order valence-electron chi connectivity index (χ3n) is 4.96. The van der Waals surface area contributed by atoms with Gasteiger partial charge in [-0.05, 0) is 59.6 Å². The van der Waals surface area contributed by atoms with Gasteiger partial charge in [-0.15, -0.1) is 0 Å². The predicted octanol–water partition coefficient (Wildman–Crippen LogP) is 5.96. The van der Waals surface area contributed by atoms with E-state index < -0.39 is 0 Å². The summed E-state index contributed by atoms with van der Waals surface area (Å²) in [5.74, 6) is 0. The first-order chi connectivity index (χ1) is 12.1. The zero-order valence-corrected chi connectivity index (χ0v) is 15.5. The van der Waals surface area contributed by atoms with Crippen LogP contribution in [0.4, 0.5) is 5.69 Å². The topological polar surface area (TPSA) is 26.0 Å². The van der Waals surface area contributed by atoms with Gasteiger partial charge in [0.15, 0.2) is 0 Å². The molecule has 0 aromatic heterocycles. The number of hydrogen-bond acceptors (Lipinski definition) is 1. The molecule has 0 saturated heterocycles. The highest BCUT2D eigenvalue weighted by Gasteiger charge is 2.15. The van der Waals surface area contributed by atoms with Gasteiger partial charge in [-0.2, -0.15) is 0 Å². The molecule has 1 aliphatic carbocycles. The quantitative estimate of drug-likeness (QED) is 0.451. The minimum Gasteiger partial charge on any atom is -0.398 e. The van der Waals surface area contributed by atoms with Crippen molar-refractivity contribution in [3.63, 3.8) is 0 Å². The monoisotopic (exact) mass is 329 g/mol. The lowest BCUT2D eigenvalue weighted by Gasteiger charge is -2.09. The van der Waals surface area contributed by atoms with Crippen molar-refractivity contribution in [3.05, 3.63) is 88.5 Å². The Balaban J connectivity index is 0.000000147. The number of fused-ring (bicyclic) bond motifs is 3. The molecule has 0 saturated carbocycles. The highest BCUT2D eigenvalue weighted by molar-refractivity contribution is 5.76. The Morgan fingerprint density at radius 1 is 0.760 bits per heavy atom. The maximum Gasteiger partial charge on any atom is 0.0379 e. The Kier molecular flexibility index (Phi) is 5.23. The minimum atomic E-state index is 0.991. The molecule has 0 aliphatic heterocycles. The Morgan fingerprint density at radius 2 is 1.20 bits per heavy atom. The summed E-state index contributed by atoms with van der Waals surface area (Å²) >= 11 is 0. The van der Waals surface area contributed by atoms with Gasteiger partial charge in [-0.25, -0.2) is 0 Å². The van der Waals surface area contributed by atoms with E-state index >= 15 is 0 Å². The maximum atomic E-state index is 5.97. The van der Waals surface area contributed by atoms with E-state index in [1.54, 1.807) is 0 Å². The Hall–Kier alpha value is -2.54.